The number of hydrogen-bond acceptors (Lipinski definition) is 3. The third-order valence-electron chi connectivity index (χ3n) is 5.48. The van der Waals surface area contributed by atoms with Crippen LogP contribution >= 0.6 is 0 Å². The molecule has 1 aliphatic rings. The number of carbonyl (C=O) groups is 1. The molecule has 0 spiro atoms. The van der Waals surface area contributed by atoms with E-state index in [1.54, 1.807) is 0 Å². The summed E-state index contributed by atoms with van der Waals surface area (Å²) in [7, 11) is 0. The minimum Gasteiger partial charge on any atom is -0.379 e. The van der Waals surface area contributed by atoms with E-state index in [0.29, 0.717) is 6.42 Å². The lowest BCUT2D eigenvalue weighted by molar-refractivity contribution is -0.114. The van der Waals surface area contributed by atoms with Gasteiger partial charge in [-0.2, -0.15) is 0 Å². The number of ketones is 1. The smallest absolute Gasteiger partial charge is 0.156 e. The van der Waals surface area contributed by atoms with Crippen LogP contribution in [0.15, 0.2) is 79.1 Å². The quantitative estimate of drug-likeness (QED) is 0.607. The fourth-order valence-corrected chi connectivity index (χ4v) is 3.97. The van der Waals surface area contributed by atoms with Gasteiger partial charge in [0.25, 0.3) is 0 Å². The van der Waals surface area contributed by atoms with Crippen molar-refractivity contribution in [3.8, 4) is 0 Å². The molecule has 0 fully saturated rings. The van der Waals surface area contributed by atoms with Crippen molar-refractivity contribution in [1.29, 1.82) is 0 Å². The summed E-state index contributed by atoms with van der Waals surface area (Å²) in [5.41, 5.74) is 7.15. The summed E-state index contributed by atoms with van der Waals surface area (Å²) in [5, 5.41) is 3.57. The minimum absolute atomic E-state index is 0.191. The summed E-state index contributed by atoms with van der Waals surface area (Å²) < 4.78 is 0. The number of allylic oxidation sites excluding steroid dienone is 2. The number of hydrogen-bond donors (Lipinski definition) is 1. The first-order chi connectivity index (χ1) is 14.2. The lowest BCUT2D eigenvalue weighted by Crippen LogP contribution is -2.07. The molecule has 0 amide bonds. The Morgan fingerprint density at radius 3 is 2.69 bits per heavy atom. The third-order valence-corrected chi connectivity index (χ3v) is 5.48. The van der Waals surface area contributed by atoms with Crippen molar-refractivity contribution >= 4 is 17.0 Å². The molecule has 0 bridgehead atoms. The molecule has 1 N–H and O–H groups in total. The molecule has 1 heterocycles. The fraction of sp³-hybridized carbons (Fsp3) is 0.231. The summed E-state index contributed by atoms with van der Waals surface area (Å²) >= 11 is 0. The van der Waals surface area contributed by atoms with Gasteiger partial charge in [0.05, 0.1) is 0 Å². The van der Waals surface area contributed by atoms with E-state index in [-0.39, 0.29) is 11.8 Å². The minimum atomic E-state index is 0.191. The van der Waals surface area contributed by atoms with E-state index >= 15 is 0 Å². The van der Waals surface area contributed by atoms with Crippen LogP contribution in [-0.4, -0.2) is 10.8 Å². The number of rotatable bonds is 5. The standard InChI is InChI=1S/C26H26N2O/c1-19(21-12-14-27-15-13-21)28-24-9-4-6-20(17-24)16-23-18-25(29)10-5-8-22-7-2-3-11-26(22)23/h2-4,6-7,9,11-15,17-19,28H,5,8,10,16H2,1H3/b23-18-. The number of carbonyl (C=O) groups excluding carboxylic acids is 1. The van der Waals surface area contributed by atoms with E-state index in [9.17, 15) is 4.79 Å². The fourth-order valence-electron chi connectivity index (χ4n) is 3.97. The topological polar surface area (TPSA) is 42.0 Å². The molecule has 0 aliphatic heterocycles. The average Bonchev–Trinajstić information content (AvgIpc) is 2.73. The van der Waals surface area contributed by atoms with Gasteiger partial charge < -0.3 is 5.32 Å². The first-order valence-corrected chi connectivity index (χ1v) is 10.3. The molecule has 4 rings (SSSR count). The largest absolute Gasteiger partial charge is 0.379 e. The second kappa shape index (κ2) is 8.87. The number of fused-ring (bicyclic) bond motifs is 1. The molecule has 3 aromatic rings. The van der Waals surface area contributed by atoms with Gasteiger partial charge in [0, 0.05) is 30.5 Å². The van der Waals surface area contributed by atoms with Crippen LogP contribution in [0.1, 0.15) is 48.1 Å². The summed E-state index contributed by atoms with van der Waals surface area (Å²) in [4.78, 5) is 16.4. The maximum Gasteiger partial charge on any atom is 0.156 e. The highest BCUT2D eigenvalue weighted by Gasteiger charge is 2.14. The van der Waals surface area contributed by atoms with E-state index in [0.717, 1.165) is 30.5 Å². The van der Waals surface area contributed by atoms with E-state index in [1.165, 1.54) is 22.3 Å². The van der Waals surface area contributed by atoms with Crippen molar-refractivity contribution in [2.45, 2.75) is 38.6 Å². The number of pyridine rings is 1. The van der Waals surface area contributed by atoms with Gasteiger partial charge in [0.2, 0.25) is 0 Å². The lowest BCUT2D eigenvalue weighted by atomic mass is 9.88. The van der Waals surface area contributed by atoms with Gasteiger partial charge >= 0.3 is 0 Å². The van der Waals surface area contributed by atoms with Crippen molar-refractivity contribution in [3.63, 3.8) is 0 Å². The maximum absolute atomic E-state index is 12.3. The molecule has 0 saturated heterocycles. The maximum atomic E-state index is 12.3. The zero-order valence-electron chi connectivity index (χ0n) is 16.8. The molecule has 1 unspecified atom stereocenters. The molecule has 0 radical (unpaired) electrons. The molecule has 1 aliphatic carbocycles. The lowest BCUT2D eigenvalue weighted by Gasteiger charge is -2.18. The van der Waals surface area contributed by atoms with E-state index < -0.39 is 0 Å². The van der Waals surface area contributed by atoms with Gasteiger partial charge in [-0.3, -0.25) is 9.78 Å². The van der Waals surface area contributed by atoms with Crippen LogP contribution in [0.2, 0.25) is 0 Å². The van der Waals surface area contributed by atoms with Crippen LogP contribution in [-0.2, 0) is 17.6 Å². The predicted molar refractivity (Wildman–Crippen MR) is 119 cm³/mol. The number of nitrogens with one attached hydrogen (secondary N) is 1. The molecular weight excluding hydrogens is 356 g/mol. The first-order valence-electron chi connectivity index (χ1n) is 10.3. The average molecular weight is 383 g/mol. The highest BCUT2D eigenvalue weighted by atomic mass is 16.1. The normalized spacial score (nSPS) is 16.7. The van der Waals surface area contributed by atoms with Crippen molar-refractivity contribution in [3.05, 3.63) is 101 Å². The van der Waals surface area contributed by atoms with Crippen LogP contribution in [0.5, 0.6) is 0 Å². The number of anilines is 1. The van der Waals surface area contributed by atoms with E-state index in [4.69, 9.17) is 0 Å². The first kappa shape index (κ1) is 19.1. The second-order valence-electron chi connectivity index (χ2n) is 7.67. The number of benzene rings is 2. The summed E-state index contributed by atoms with van der Waals surface area (Å²) in [6.45, 7) is 2.15. The second-order valence-corrected chi connectivity index (χ2v) is 7.67. The Bertz CT molecular complexity index is 1020. The van der Waals surface area contributed by atoms with Crippen LogP contribution < -0.4 is 5.32 Å². The SMILES string of the molecule is CC(Nc1cccc(C/C2=C/C(=O)CCCc3ccccc32)c1)c1ccncc1. The Hall–Kier alpha value is -3.20. The van der Waals surface area contributed by atoms with Crippen LogP contribution in [0.4, 0.5) is 5.69 Å². The van der Waals surface area contributed by atoms with Gasteiger partial charge in [-0.05, 0) is 84.4 Å². The Labute approximate surface area is 172 Å². The van der Waals surface area contributed by atoms with Crippen molar-refractivity contribution < 1.29 is 4.79 Å². The van der Waals surface area contributed by atoms with Gasteiger partial charge in [-0.25, -0.2) is 0 Å². The molecule has 3 heteroatoms. The van der Waals surface area contributed by atoms with E-state index in [1.807, 2.05) is 30.6 Å². The van der Waals surface area contributed by atoms with Crippen molar-refractivity contribution in [2.75, 3.05) is 5.32 Å². The number of aryl methyl sites for hydroxylation is 1. The predicted octanol–water partition coefficient (Wildman–Crippen LogP) is 5.79. The highest BCUT2D eigenvalue weighted by molar-refractivity contribution is 5.97. The molecule has 0 saturated carbocycles. The summed E-state index contributed by atoms with van der Waals surface area (Å²) in [5.74, 6) is 0.232. The molecule has 29 heavy (non-hydrogen) atoms. The van der Waals surface area contributed by atoms with E-state index in [2.05, 4.69) is 65.8 Å². The molecule has 3 nitrogen and oxygen atoms in total. The zero-order chi connectivity index (χ0) is 20.1. The Kier molecular flexibility index (Phi) is 5.85. The van der Waals surface area contributed by atoms with Crippen LogP contribution in [0.3, 0.4) is 0 Å². The number of aromatic nitrogens is 1. The van der Waals surface area contributed by atoms with Gasteiger partial charge in [0.15, 0.2) is 5.78 Å². The van der Waals surface area contributed by atoms with Gasteiger partial charge in [0.1, 0.15) is 0 Å². The Morgan fingerprint density at radius 2 is 1.83 bits per heavy atom. The zero-order valence-corrected chi connectivity index (χ0v) is 16.8. The van der Waals surface area contributed by atoms with Crippen LogP contribution in [0.25, 0.3) is 5.57 Å². The monoisotopic (exact) mass is 382 g/mol. The van der Waals surface area contributed by atoms with Gasteiger partial charge in [-0.1, -0.05) is 36.4 Å². The Morgan fingerprint density at radius 1 is 1.00 bits per heavy atom. The molecule has 1 aromatic heterocycles. The third kappa shape index (κ3) is 4.80. The summed E-state index contributed by atoms with van der Waals surface area (Å²) in [6.07, 6.45) is 8.76. The van der Waals surface area contributed by atoms with Gasteiger partial charge in [-0.15, -0.1) is 0 Å². The van der Waals surface area contributed by atoms with Crippen molar-refractivity contribution in [2.24, 2.45) is 0 Å². The molecule has 2 aromatic carbocycles. The summed E-state index contributed by atoms with van der Waals surface area (Å²) in [6, 6.07) is 21.2. The van der Waals surface area contributed by atoms with Crippen molar-refractivity contribution in [1.82, 2.24) is 4.98 Å². The van der Waals surface area contributed by atoms with Crippen LogP contribution in [0, 0.1) is 0 Å². The molecule has 1 atom stereocenters. The Balaban J connectivity index is 1.57. The number of nitrogens with zero attached hydrogens (tertiary/aromatic N) is 1. The molecular formula is C26H26N2O. The molecule has 146 valence electrons. The highest BCUT2D eigenvalue weighted by Crippen LogP contribution is 2.28.